The van der Waals surface area contributed by atoms with E-state index < -0.39 is 5.91 Å². The van der Waals surface area contributed by atoms with Crippen LogP contribution in [-0.2, 0) is 0 Å². The summed E-state index contributed by atoms with van der Waals surface area (Å²) in [6.45, 7) is 1.89. The second-order valence-corrected chi connectivity index (χ2v) is 3.26. The molecule has 12 heavy (non-hydrogen) atoms. The van der Waals surface area contributed by atoms with Crippen molar-refractivity contribution in [2.24, 2.45) is 5.73 Å². The highest BCUT2D eigenvalue weighted by Crippen LogP contribution is 2.15. The first kappa shape index (κ1) is 9.06. The molecule has 0 radical (unpaired) electrons. The molecule has 1 rings (SSSR count). The highest BCUT2D eigenvalue weighted by Gasteiger charge is 2.05. The summed E-state index contributed by atoms with van der Waals surface area (Å²) in [5, 5.41) is 0.0179. The summed E-state index contributed by atoms with van der Waals surface area (Å²) in [7, 11) is 0. The number of hydrogen-bond acceptors (Lipinski definition) is 3. The monoisotopic (exact) mass is 182 g/mol. The third-order valence-corrected chi connectivity index (χ3v) is 1.72. The first-order chi connectivity index (χ1) is 5.61. The van der Waals surface area contributed by atoms with Crippen LogP contribution in [0.15, 0.2) is 18.2 Å². The summed E-state index contributed by atoms with van der Waals surface area (Å²) < 4.78 is 0. The Morgan fingerprint density at radius 2 is 2.33 bits per heavy atom. The molecular weight excluding hydrogens is 172 g/mol. The van der Waals surface area contributed by atoms with Gasteiger partial charge in [-0.2, -0.15) is 12.6 Å². The van der Waals surface area contributed by atoms with Crippen molar-refractivity contribution in [2.45, 2.75) is 12.2 Å². The van der Waals surface area contributed by atoms with Gasteiger partial charge in [0, 0.05) is 5.25 Å². The maximum Gasteiger partial charge on any atom is 0.267 e. The lowest BCUT2D eigenvalue weighted by Crippen LogP contribution is -2.13. The Labute approximate surface area is 76.4 Å². The zero-order valence-electron chi connectivity index (χ0n) is 6.69. The molecule has 1 heterocycles. The molecule has 1 aromatic heterocycles. The zero-order valence-corrected chi connectivity index (χ0v) is 7.58. The van der Waals surface area contributed by atoms with Gasteiger partial charge in [0.15, 0.2) is 0 Å². The molecule has 0 bridgehead atoms. The van der Waals surface area contributed by atoms with E-state index in [0.717, 1.165) is 5.69 Å². The SMILES string of the molecule is CC(S)c1cccc(C(N)=O)n1. The van der Waals surface area contributed by atoms with Gasteiger partial charge < -0.3 is 5.73 Å². The lowest BCUT2D eigenvalue weighted by atomic mass is 10.2. The van der Waals surface area contributed by atoms with E-state index in [1.807, 2.05) is 13.0 Å². The van der Waals surface area contributed by atoms with E-state index in [9.17, 15) is 4.79 Å². The van der Waals surface area contributed by atoms with E-state index in [1.54, 1.807) is 12.1 Å². The van der Waals surface area contributed by atoms with Crippen LogP contribution in [0, 0.1) is 0 Å². The molecule has 64 valence electrons. The molecule has 1 aromatic rings. The van der Waals surface area contributed by atoms with Gasteiger partial charge in [-0.3, -0.25) is 4.79 Å². The average Bonchev–Trinajstić information content (AvgIpc) is 2.04. The van der Waals surface area contributed by atoms with Crippen LogP contribution in [0.4, 0.5) is 0 Å². The Kier molecular flexibility index (Phi) is 2.70. The standard InChI is InChI=1S/C8H10N2OS/c1-5(12)6-3-2-4-7(10-6)8(9)11/h2-5,12H,1H3,(H2,9,11). The quantitative estimate of drug-likeness (QED) is 0.674. The number of carbonyl (C=O) groups excluding carboxylic acids is 1. The number of aromatic nitrogens is 1. The summed E-state index contributed by atoms with van der Waals surface area (Å²) in [6.07, 6.45) is 0. The number of nitrogens with zero attached hydrogens (tertiary/aromatic N) is 1. The van der Waals surface area contributed by atoms with Gasteiger partial charge in [0.25, 0.3) is 5.91 Å². The number of rotatable bonds is 2. The normalized spacial score (nSPS) is 12.5. The van der Waals surface area contributed by atoms with E-state index in [2.05, 4.69) is 17.6 Å². The molecule has 1 unspecified atom stereocenters. The van der Waals surface area contributed by atoms with Gasteiger partial charge in [0.1, 0.15) is 5.69 Å². The molecule has 0 saturated heterocycles. The molecule has 0 aliphatic rings. The maximum absolute atomic E-state index is 10.7. The van der Waals surface area contributed by atoms with Gasteiger partial charge in [0.05, 0.1) is 5.69 Å². The first-order valence-corrected chi connectivity index (χ1v) is 4.07. The van der Waals surface area contributed by atoms with E-state index in [0.29, 0.717) is 0 Å². The van der Waals surface area contributed by atoms with Crippen LogP contribution in [0.2, 0.25) is 0 Å². The fourth-order valence-corrected chi connectivity index (χ4v) is 0.965. The fraction of sp³-hybridized carbons (Fsp3) is 0.250. The van der Waals surface area contributed by atoms with Crippen LogP contribution in [0.1, 0.15) is 28.4 Å². The van der Waals surface area contributed by atoms with Crippen molar-refractivity contribution in [1.29, 1.82) is 0 Å². The second-order valence-electron chi connectivity index (χ2n) is 2.49. The number of hydrogen-bond donors (Lipinski definition) is 2. The fourth-order valence-electron chi connectivity index (χ4n) is 0.821. The van der Waals surface area contributed by atoms with E-state index >= 15 is 0 Å². The minimum Gasteiger partial charge on any atom is -0.364 e. The number of thiol groups is 1. The summed E-state index contributed by atoms with van der Waals surface area (Å²) in [5.74, 6) is -0.508. The number of carbonyl (C=O) groups is 1. The minimum absolute atomic E-state index is 0.0179. The molecule has 2 N–H and O–H groups in total. The predicted molar refractivity (Wildman–Crippen MR) is 50.2 cm³/mol. The number of primary amides is 1. The molecule has 1 amide bonds. The van der Waals surface area contributed by atoms with Crippen molar-refractivity contribution in [3.8, 4) is 0 Å². The Morgan fingerprint density at radius 1 is 1.67 bits per heavy atom. The molecule has 1 atom stereocenters. The summed E-state index contributed by atoms with van der Waals surface area (Å²) >= 11 is 4.19. The van der Waals surface area contributed by atoms with Crippen LogP contribution in [-0.4, -0.2) is 10.9 Å². The molecule has 0 aromatic carbocycles. The van der Waals surface area contributed by atoms with Crippen LogP contribution in [0.25, 0.3) is 0 Å². The second kappa shape index (κ2) is 3.58. The molecule has 0 aliphatic heterocycles. The molecule has 0 spiro atoms. The lowest BCUT2D eigenvalue weighted by Gasteiger charge is -2.03. The Hall–Kier alpha value is -1.03. The topological polar surface area (TPSA) is 56.0 Å². The van der Waals surface area contributed by atoms with Crippen LogP contribution < -0.4 is 5.73 Å². The highest BCUT2D eigenvalue weighted by molar-refractivity contribution is 7.80. The van der Waals surface area contributed by atoms with Gasteiger partial charge in [-0.25, -0.2) is 4.98 Å². The minimum atomic E-state index is -0.508. The molecule has 0 fully saturated rings. The Morgan fingerprint density at radius 3 is 2.83 bits per heavy atom. The van der Waals surface area contributed by atoms with E-state index in [-0.39, 0.29) is 10.9 Å². The Balaban J connectivity index is 3.04. The third-order valence-electron chi connectivity index (χ3n) is 1.45. The highest BCUT2D eigenvalue weighted by atomic mass is 32.1. The van der Waals surface area contributed by atoms with Crippen LogP contribution >= 0.6 is 12.6 Å². The third kappa shape index (κ3) is 1.98. The number of pyridine rings is 1. The van der Waals surface area contributed by atoms with Crippen LogP contribution in [0.3, 0.4) is 0 Å². The largest absolute Gasteiger partial charge is 0.364 e. The predicted octanol–water partition coefficient (Wildman–Crippen LogP) is 1.17. The number of nitrogens with two attached hydrogens (primary N) is 1. The first-order valence-electron chi connectivity index (χ1n) is 3.56. The van der Waals surface area contributed by atoms with Crippen molar-refractivity contribution in [1.82, 2.24) is 4.98 Å². The molecular formula is C8H10N2OS. The van der Waals surface area contributed by atoms with Crippen molar-refractivity contribution in [2.75, 3.05) is 0 Å². The van der Waals surface area contributed by atoms with Crippen molar-refractivity contribution < 1.29 is 4.79 Å². The van der Waals surface area contributed by atoms with E-state index in [4.69, 9.17) is 5.73 Å². The van der Waals surface area contributed by atoms with E-state index in [1.165, 1.54) is 0 Å². The van der Waals surface area contributed by atoms with Crippen LogP contribution in [0.5, 0.6) is 0 Å². The molecule has 4 heteroatoms. The Bertz CT molecular complexity index is 299. The molecule has 0 aliphatic carbocycles. The summed E-state index contributed by atoms with van der Waals surface area (Å²) in [5.41, 5.74) is 6.10. The lowest BCUT2D eigenvalue weighted by molar-refractivity contribution is 0.0995. The van der Waals surface area contributed by atoms with Crippen molar-refractivity contribution in [3.05, 3.63) is 29.6 Å². The van der Waals surface area contributed by atoms with Gasteiger partial charge in [0.2, 0.25) is 0 Å². The maximum atomic E-state index is 10.7. The average molecular weight is 182 g/mol. The van der Waals surface area contributed by atoms with Gasteiger partial charge in [-0.05, 0) is 19.1 Å². The molecule has 0 saturated carbocycles. The smallest absolute Gasteiger partial charge is 0.267 e. The van der Waals surface area contributed by atoms with Crippen molar-refractivity contribution in [3.63, 3.8) is 0 Å². The van der Waals surface area contributed by atoms with Crippen molar-refractivity contribution >= 4 is 18.5 Å². The van der Waals surface area contributed by atoms with Gasteiger partial charge in [-0.1, -0.05) is 6.07 Å². The summed E-state index contributed by atoms with van der Waals surface area (Å²) in [6, 6.07) is 5.14. The molecule has 3 nitrogen and oxygen atoms in total. The van der Waals surface area contributed by atoms with Gasteiger partial charge >= 0.3 is 0 Å². The summed E-state index contributed by atoms with van der Waals surface area (Å²) in [4.78, 5) is 14.7. The van der Waals surface area contributed by atoms with Gasteiger partial charge in [-0.15, -0.1) is 0 Å². The zero-order chi connectivity index (χ0) is 9.14. The number of amides is 1.